The first-order valence-electron chi connectivity index (χ1n) is 12.0. The average molecular weight is 551 g/mol. The number of para-hydroxylation sites is 3. The molecule has 0 bridgehead atoms. The molecule has 0 spiro atoms. The molecule has 12 heteroatoms. The Labute approximate surface area is 218 Å². The molecule has 0 amide bonds. The lowest BCUT2D eigenvalue weighted by atomic mass is 10.1. The lowest BCUT2D eigenvalue weighted by molar-refractivity contribution is -0.274. The van der Waals surface area contributed by atoms with Crippen LogP contribution in [0, 0.1) is 0 Å². The summed E-state index contributed by atoms with van der Waals surface area (Å²) < 4.78 is 92.4. The minimum Gasteiger partial charge on any atom is -0.494 e. The highest BCUT2D eigenvalue weighted by atomic mass is 19.4. The van der Waals surface area contributed by atoms with Crippen LogP contribution >= 0.6 is 0 Å². The number of rotatable bonds is 6. The number of imidazole rings is 1. The Balaban J connectivity index is 1.56. The van der Waals surface area contributed by atoms with Crippen LogP contribution in [0.2, 0.25) is 0 Å². The van der Waals surface area contributed by atoms with Crippen LogP contribution in [0.5, 0.6) is 11.5 Å². The Hall–Kier alpha value is -4.09. The second-order valence-corrected chi connectivity index (χ2v) is 9.13. The molecule has 1 aliphatic rings. The summed E-state index contributed by atoms with van der Waals surface area (Å²) in [5, 5.41) is 0. The van der Waals surface area contributed by atoms with Crippen LogP contribution < -0.4 is 20.1 Å². The second kappa shape index (κ2) is 9.90. The molecular weight excluding hydrogens is 528 g/mol. The maximum atomic E-state index is 13.8. The highest BCUT2D eigenvalue weighted by Gasteiger charge is 2.36. The summed E-state index contributed by atoms with van der Waals surface area (Å²) in [6, 6.07) is 15.3. The molecule has 206 valence electrons. The maximum Gasteiger partial charge on any atom is 0.573 e. The highest BCUT2D eigenvalue weighted by Crippen LogP contribution is 2.38. The lowest BCUT2D eigenvalue weighted by Gasteiger charge is -2.22. The fourth-order valence-electron chi connectivity index (χ4n) is 5.18. The number of aromatic nitrogens is 2. The van der Waals surface area contributed by atoms with E-state index in [0.29, 0.717) is 29.7 Å². The molecule has 4 aromatic rings. The molecule has 39 heavy (non-hydrogen) atoms. The fourth-order valence-corrected chi connectivity index (χ4v) is 5.18. The molecule has 1 saturated heterocycles. The zero-order valence-electron chi connectivity index (χ0n) is 20.6. The van der Waals surface area contributed by atoms with Crippen LogP contribution in [-0.2, 0) is 12.7 Å². The smallest absolute Gasteiger partial charge is 0.494 e. The van der Waals surface area contributed by atoms with E-state index in [1.165, 1.54) is 52.6 Å². The molecule has 1 aromatic heterocycles. The topological polar surface area (TPSA) is 48.6 Å². The van der Waals surface area contributed by atoms with Gasteiger partial charge in [0.15, 0.2) is 5.75 Å². The summed E-state index contributed by atoms with van der Waals surface area (Å²) in [6.07, 6.45) is -9.07. The number of anilines is 1. The van der Waals surface area contributed by atoms with Crippen LogP contribution in [0.4, 0.5) is 32.0 Å². The molecule has 6 nitrogen and oxygen atoms in total. The van der Waals surface area contributed by atoms with E-state index in [1.54, 1.807) is 29.2 Å². The Morgan fingerprint density at radius 2 is 1.59 bits per heavy atom. The molecular formula is C27H23F6N3O3. The summed E-state index contributed by atoms with van der Waals surface area (Å²) in [4.78, 5) is 15.5. The minimum absolute atomic E-state index is 0.0802. The number of hydrogen-bond donors (Lipinski definition) is 0. The van der Waals surface area contributed by atoms with E-state index in [0.717, 1.165) is 6.07 Å². The van der Waals surface area contributed by atoms with Gasteiger partial charge >= 0.3 is 18.2 Å². The zero-order chi connectivity index (χ0) is 27.9. The van der Waals surface area contributed by atoms with Crippen molar-refractivity contribution in [2.75, 3.05) is 25.1 Å². The first-order chi connectivity index (χ1) is 18.5. The van der Waals surface area contributed by atoms with E-state index < -0.39 is 29.8 Å². The quantitative estimate of drug-likeness (QED) is 0.267. The van der Waals surface area contributed by atoms with E-state index in [9.17, 15) is 31.1 Å². The number of methoxy groups -OCH3 is 1. The Bertz CT molecular complexity index is 1560. The van der Waals surface area contributed by atoms with Gasteiger partial charge in [-0.3, -0.25) is 9.13 Å². The van der Waals surface area contributed by atoms with Crippen molar-refractivity contribution in [2.45, 2.75) is 31.5 Å². The predicted molar refractivity (Wildman–Crippen MR) is 132 cm³/mol. The predicted octanol–water partition coefficient (Wildman–Crippen LogP) is 6.23. The van der Waals surface area contributed by atoms with E-state index in [4.69, 9.17) is 4.74 Å². The van der Waals surface area contributed by atoms with Crippen molar-refractivity contribution in [3.05, 3.63) is 88.3 Å². The summed E-state index contributed by atoms with van der Waals surface area (Å²) in [7, 11) is 1.40. The molecule has 0 N–H and O–H groups in total. The number of alkyl halides is 6. The van der Waals surface area contributed by atoms with Gasteiger partial charge < -0.3 is 14.4 Å². The molecule has 0 saturated carbocycles. The van der Waals surface area contributed by atoms with Crippen molar-refractivity contribution >= 4 is 16.7 Å². The summed E-state index contributed by atoms with van der Waals surface area (Å²) in [5.41, 5.74) is -0.454. The Morgan fingerprint density at radius 1 is 0.897 bits per heavy atom. The number of benzene rings is 3. The van der Waals surface area contributed by atoms with Gasteiger partial charge in [0, 0.05) is 13.1 Å². The van der Waals surface area contributed by atoms with Crippen LogP contribution in [0.3, 0.4) is 0 Å². The normalized spacial score (nSPS) is 16.2. The lowest BCUT2D eigenvalue weighted by Crippen LogP contribution is -2.30. The summed E-state index contributed by atoms with van der Waals surface area (Å²) in [6.45, 7) is 0.174. The monoisotopic (exact) mass is 551 g/mol. The highest BCUT2D eigenvalue weighted by molar-refractivity contribution is 5.83. The third-order valence-electron chi connectivity index (χ3n) is 6.78. The first-order valence-corrected chi connectivity index (χ1v) is 12.0. The molecule has 2 heterocycles. The molecule has 1 atom stereocenters. The number of ether oxygens (including phenoxy) is 2. The minimum atomic E-state index is -4.87. The molecule has 1 fully saturated rings. The Morgan fingerprint density at radius 3 is 2.31 bits per heavy atom. The fraction of sp³-hybridized carbons (Fsp3) is 0.296. The van der Waals surface area contributed by atoms with Gasteiger partial charge in [0.2, 0.25) is 0 Å². The number of nitrogens with zero attached hydrogens (tertiary/aromatic N) is 3. The van der Waals surface area contributed by atoms with Gasteiger partial charge in [-0.05, 0) is 42.3 Å². The number of halogens is 6. The molecule has 0 unspecified atom stereocenters. The van der Waals surface area contributed by atoms with Gasteiger partial charge in [-0.15, -0.1) is 13.2 Å². The maximum absolute atomic E-state index is 13.8. The van der Waals surface area contributed by atoms with Crippen molar-refractivity contribution in [3.63, 3.8) is 0 Å². The first kappa shape index (κ1) is 26.5. The van der Waals surface area contributed by atoms with E-state index in [2.05, 4.69) is 4.74 Å². The standard InChI is InChI=1S/C27H23F6N3O3/c1-38-23-12-6-10-21-24(23)35(15-17-7-2-3-8-19(17)26(28,29)30)25(37)36(21)18-13-14-34(16-18)20-9-4-5-11-22(20)39-27(31,32)33/h2-12,18H,13-16H2,1H3/t18-/m1/s1. The van der Waals surface area contributed by atoms with Gasteiger partial charge in [0.05, 0.1) is 36.5 Å². The van der Waals surface area contributed by atoms with E-state index >= 15 is 0 Å². The molecule has 5 rings (SSSR count). The van der Waals surface area contributed by atoms with Gasteiger partial charge in [-0.25, -0.2) is 4.79 Å². The number of fused-ring (bicyclic) bond motifs is 1. The molecule has 0 radical (unpaired) electrons. The van der Waals surface area contributed by atoms with Crippen molar-refractivity contribution < 1.29 is 35.8 Å². The summed E-state index contributed by atoms with van der Waals surface area (Å²) in [5.74, 6) is -0.0440. The molecule has 3 aromatic carbocycles. The third kappa shape index (κ3) is 5.15. The average Bonchev–Trinajstić information content (AvgIpc) is 3.46. The van der Waals surface area contributed by atoms with Gasteiger partial charge in [-0.1, -0.05) is 36.4 Å². The zero-order valence-corrected chi connectivity index (χ0v) is 20.6. The van der Waals surface area contributed by atoms with Crippen molar-refractivity contribution in [3.8, 4) is 11.5 Å². The number of hydrogen-bond acceptors (Lipinski definition) is 4. The van der Waals surface area contributed by atoms with Crippen molar-refractivity contribution in [2.24, 2.45) is 0 Å². The van der Waals surface area contributed by atoms with Crippen LogP contribution in [0.25, 0.3) is 11.0 Å². The third-order valence-corrected chi connectivity index (χ3v) is 6.78. The summed E-state index contributed by atoms with van der Waals surface area (Å²) >= 11 is 0. The van der Waals surface area contributed by atoms with Gasteiger partial charge in [0.1, 0.15) is 11.3 Å². The van der Waals surface area contributed by atoms with Crippen molar-refractivity contribution in [1.29, 1.82) is 0 Å². The SMILES string of the molecule is COc1cccc2c1n(Cc1ccccc1C(F)(F)F)c(=O)n2[C@@H]1CCN(c2ccccc2OC(F)(F)F)C1. The molecule has 0 aliphatic carbocycles. The van der Waals surface area contributed by atoms with E-state index in [1.807, 2.05) is 0 Å². The van der Waals surface area contributed by atoms with E-state index in [-0.39, 0.29) is 30.1 Å². The van der Waals surface area contributed by atoms with Crippen molar-refractivity contribution in [1.82, 2.24) is 9.13 Å². The Kier molecular flexibility index (Phi) is 6.73. The largest absolute Gasteiger partial charge is 0.573 e. The van der Waals surface area contributed by atoms with Gasteiger partial charge in [-0.2, -0.15) is 13.2 Å². The van der Waals surface area contributed by atoms with Gasteiger partial charge in [0.25, 0.3) is 0 Å². The molecule has 1 aliphatic heterocycles. The van der Waals surface area contributed by atoms with Crippen LogP contribution in [-0.4, -0.2) is 35.7 Å². The van der Waals surface area contributed by atoms with Crippen LogP contribution in [0.15, 0.2) is 71.5 Å². The van der Waals surface area contributed by atoms with Crippen LogP contribution in [0.1, 0.15) is 23.6 Å². The second-order valence-electron chi connectivity index (χ2n) is 9.13.